The molecule has 0 aromatic rings. The monoisotopic (exact) mass is 186 g/mol. The lowest BCUT2D eigenvalue weighted by molar-refractivity contribution is 0.147. The Hall–Kier alpha value is -0.150. The van der Waals surface area contributed by atoms with Gasteiger partial charge in [0.2, 0.25) is 0 Å². The summed E-state index contributed by atoms with van der Waals surface area (Å²) in [6, 6.07) is 0. The second kappa shape index (κ2) is 3.71. The molecule has 0 aromatic heterocycles. The first-order valence-electron chi connectivity index (χ1n) is 4.50. The summed E-state index contributed by atoms with van der Waals surface area (Å²) in [5.41, 5.74) is 6.00. The average molecular weight is 186 g/mol. The number of nitrogens with zero attached hydrogens (tertiary/aromatic N) is 1. The van der Waals surface area contributed by atoms with E-state index in [1.807, 2.05) is 0 Å². The van der Waals surface area contributed by atoms with Crippen LogP contribution in [0.15, 0.2) is 0 Å². The number of nitrogens with two attached hydrogens (primary N) is 1. The maximum atomic E-state index is 5.48. The molecular weight excluding hydrogens is 168 g/mol. The zero-order valence-electron chi connectivity index (χ0n) is 7.97. The van der Waals surface area contributed by atoms with Crippen molar-refractivity contribution in [2.24, 2.45) is 11.1 Å². The quantitative estimate of drug-likeness (QED) is 0.661. The predicted octanol–water partition coefficient (Wildman–Crippen LogP) is 1.39. The molecular formula is C9H18N2S. The van der Waals surface area contributed by atoms with Crippen molar-refractivity contribution in [3.8, 4) is 0 Å². The van der Waals surface area contributed by atoms with Crippen LogP contribution in [0.3, 0.4) is 0 Å². The van der Waals surface area contributed by atoms with Crippen LogP contribution in [-0.2, 0) is 0 Å². The van der Waals surface area contributed by atoms with Crippen molar-refractivity contribution in [3.63, 3.8) is 0 Å². The smallest absolute Gasteiger partial charge is 0.0870 e. The van der Waals surface area contributed by atoms with Crippen molar-refractivity contribution in [3.05, 3.63) is 0 Å². The molecule has 0 saturated carbocycles. The molecule has 12 heavy (non-hydrogen) atoms. The fraction of sp³-hybridized carbons (Fsp3) is 0.889. The summed E-state index contributed by atoms with van der Waals surface area (Å²) in [5, 5.41) is 0. The average Bonchev–Trinajstić information content (AvgIpc) is 1.93. The van der Waals surface area contributed by atoms with Crippen LogP contribution in [0, 0.1) is 5.41 Å². The van der Waals surface area contributed by atoms with E-state index >= 15 is 0 Å². The van der Waals surface area contributed by atoms with E-state index < -0.39 is 0 Å². The lowest BCUT2D eigenvalue weighted by Crippen LogP contribution is -2.41. The van der Waals surface area contributed by atoms with Gasteiger partial charge < -0.3 is 5.73 Å². The highest BCUT2D eigenvalue weighted by Gasteiger charge is 2.24. The van der Waals surface area contributed by atoms with E-state index in [1.165, 1.54) is 12.8 Å². The van der Waals surface area contributed by atoms with Gasteiger partial charge in [-0.1, -0.05) is 26.1 Å². The molecule has 70 valence electrons. The second-order valence-electron chi connectivity index (χ2n) is 4.41. The van der Waals surface area contributed by atoms with E-state index in [2.05, 4.69) is 18.7 Å². The van der Waals surface area contributed by atoms with Crippen LogP contribution in [-0.4, -0.2) is 29.5 Å². The SMILES string of the molecule is CC1(C)CCN(CC(N)=S)CC1. The maximum absolute atomic E-state index is 5.48. The lowest BCUT2D eigenvalue weighted by atomic mass is 9.83. The van der Waals surface area contributed by atoms with Crippen LogP contribution in [0.1, 0.15) is 26.7 Å². The minimum Gasteiger partial charge on any atom is -0.392 e. The Balaban J connectivity index is 2.31. The van der Waals surface area contributed by atoms with E-state index in [-0.39, 0.29) is 0 Å². The van der Waals surface area contributed by atoms with Gasteiger partial charge in [0.05, 0.1) is 4.99 Å². The fourth-order valence-corrected chi connectivity index (χ4v) is 1.72. The molecule has 0 unspecified atom stereocenters. The zero-order chi connectivity index (χ0) is 9.19. The van der Waals surface area contributed by atoms with Crippen molar-refractivity contribution in [2.45, 2.75) is 26.7 Å². The minimum atomic E-state index is 0.521. The van der Waals surface area contributed by atoms with E-state index in [1.54, 1.807) is 0 Å². The van der Waals surface area contributed by atoms with Gasteiger partial charge in [-0.05, 0) is 31.3 Å². The number of likely N-dealkylation sites (tertiary alicyclic amines) is 1. The van der Waals surface area contributed by atoms with E-state index in [0.717, 1.165) is 19.6 Å². The van der Waals surface area contributed by atoms with Crippen LogP contribution in [0.2, 0.25) is 0 Å². The van der Waals surface area contributed by atoms with Crippen LogP contribution < -0.4 is 5.73 Å². The highest BCUT2D eigenvalue weighted by atomic mass is 32.1. The molecule has 2 nitrogen and oxygen atoms in total. The van der Waals surface area contributed by atoms with Gasteiger partial charge in [-0.25, -0.2) is 0 Å². The fourth-order valence-electron chi connectivity index (χ4n) is 1.54. The van der Waals surface area contributed by atoms with Crippen LogP contribution in [0.4, 0.5) is 0 Å². The van der Waals surface area contributed by atoms with Crippen LogP contribution in [0.25, 0.3) is 0 Å². The lowest BCUT2D eigenvalue weighted by Gasteiger charge is -2.36. The summed E-state index contributed by atoms with van der Waals surface area (Å²) in [7, 11) is 0. The van der Waals surface area contributed by atoms with Crippen molar-refractivity contribution >= 4 is 17.2 Å². The Morgan fingerprint density at radius 1 is 1.42 bits per heavy atom. The third-order valence-electron chi connectivity index (χ3n) is 2.59. The van der Waals surface area contributed by atoms with Gasteiger partial charge in [0, 0.05) is 6.54 Å². The Morgan fingerprint density at radius 3 is 2.33 bits per heavy atom. The Bertz CT molecular complexity index is 167. The van der Waals surface area contributed by atoms with Crippen molar-refractivity contribution in [1.82, 2.24) is 4.90 Å². The van der Waals surface area contributed by atoms with E-state index in [4.69, 9.17) is 18.0 Å². The van der Waals surface area contributed by atoms with Gasteiger partial charge in [0.1, 0.15) is 0 Å². The molecule has 0 spiro atoms. The van der Waals surface area contributed by atoms with Gasteiger partial charge in [-0.15, -0.1) is 0 Å². The summed E-state index contributed by atoms with van der Waals surface area (Å²) in [6.45, 7) is 7.73. The Labute approximate surface area is 80.1 Å². The second-order valence-corrected chi connectivity index (χ2v) is 4.93. The molecule has 1 rings (SSSR count). The van der Waals surface area contributed by atoms with E-state index in [0.29, 0.717) is 10.4 Å². The van der Waals surface area contributed by atoms with Crippen molar-refractivity contribution < 1.29 is 0 Å². The third kappa shape index (κ3) is 3.07. The molecule has 1 aliphatic rings. The maximum Gasteiger partial charge on any atom is 0.0870 e. The molecule has 0 bridgehead atoms. The molecule has 3 heteroatoms. The number of rotatable bonds is 2. The first kappa shape index (κ1) is 9.93. The van der Waals surface area contributed by atoms with Crippen LogP contribution >= 0.6 is 12.2 Å². The van der Waals surface area contributed by atoms with Crippen molar-refractivity contribution in [1.29, 1.82) is 0 Å². The zero-order valence-corrected chi connectivity index (χ0v) is 8.78. The molecule has 2 N–H and O–H groups in total. The van der Waals surface area contributed by atoms with Crippen LogP contribution in [0.5, 0.6) is 0 Å². The topological polar surface area (TPSA) is 29.3 Å². The first-order chi connectivity index (χ1) is 5.49. The molecule has 0 amide bonds. The van der Waals surface area contributed by atoms with Gasteiger partial charge in [-0.2, -0.15) is 0 Å². The number of hydrogen-bond donors (Lipinski definition) is 1. The van der Waals surface area contributed by atoms with Gasteiger partial charge in [0.25, 0.3) is 0 Å². The summed E-state index contributed by atoms with van der Waals surface area (Å²) in [4.78, 5) is 2.96. The highest BCUT2D eigenvalue weighted by molar-refractivity contribution is 7.80. The highest BCUT2D eigenvalue weighted by Crippen LogP contribution is 2.29. The number of thiocarbonyl (C=S) groups is 1. The number of hydrogen-bond acceptors (Lipinski definition) is 2. The molecule has 0 atom stereocenters. The molecule has 0 aliphatic carbocycles. The summed E-state index contributed by atoms with van der Waals surface area (Å²) < 4.78 is 0. The summed E-state index contributed by atoms with van der Waals surface area (Å²) in [5.74, 6) is 0. The van der Waals surface area contributed by atoms with Gasteiger partial charge in [0.15, 0.2) is 0 Å². The Morgan fingerprint density at radius 2 is 1.92 bits per heavy atom. The summed E-state index contributed by atoms with van der Waals surface area (Å²) in [6.07, 6.45) is 2.52. The largest absolute Gasteiger partial charge is 0.392 e. The summed E-state index contributed by atoms with van der Waals surface area (Å²) >= 11 is 4.87. The Kier molecular flexibility index (Phi) is 3.07. The first-order valence-corrected chi connectivity index (χ1v) is 4.91. The molecule has 1 fully saturated rings. The van der Waals surface area contributed by atoms with Gasteiger partial charge >= 0.3 is 0 Å². The molecule has 0 aromatic carbocycles. The molecule has 1 aliphatic heterocycles. The predicted molar refractivity (Wildman–Crippen MR) is 56.2 cm³/mol. The van der Waals surface area contributed by atoms with E-state index in [9.17, 15) is 0 Å². The number of piperidine rings is 1. The standard InChI is InChI=1S/C9H18N2S/c1-9(2)3-5-11(6-4-9)7-8(10)12/h3-7H2,1-2H3,(H2,10,12). The third-order valence-corrected chi connectivity index (χ3v) is 2.72. The van der Waals surface area contributed by atoms with Crippen molar-refractivity contribution in [2.75, 3.05) is 19.6 Å². The van der Waals surface area contributed by atoms with Gasteiger partial charge in [-0.3, -0.25) is 4.90 Å². The molecule has 1 heterocycles. The molecule has 1 saturated heterocycles. The minimum absolute atomic E-state index is 0.521. The normalized spacial score (nSPS) is 23.8. The molecule has 0 radical (unpaired) electrons.